The molecule has 2 rings (SSSR count). The van der Waals surface area contributed by atoms with E-state index in [0.29, 0.717) is 12.8 Å². The lowest BCUT2D eigenvalue weighted by molar-refractivity contribution is -0.138. The second kappa shape index (κ2) is 9.40. The number of carboxylic acid groups (broad SMARTS) is 1. The van der Waals surface area contributed by atoms with Crippen LogP contribution in [0.15, 0.2) is 70.6 Å². The number of nitrogens with zero attached hydrogens (tertiary/aromatic N) is 2. The zero-order valence-corrected chi connectivity index (χ0v) is 13.7. The van der Waals surface area contributed by atoms with Crippen molar-refractivity contribution in [3.05, 3.63) is 71.8 Å². The summed E-state index contributed by atoms with van der Waals surface area (Å²) in [6.07, 6.45) is 4.59. The monoisotopic (exact) mass is 322 g/mol. The first-order chi connectivity index (χ1) is 11.6. The van der Waals surface area contributed by atoms with Gasteiger partial charge in [0.15, 0.2) is 0 Å². The molecule has 0 bridgehead atoms. The van der Waals surface area contributed by atoms with E-state index in [9.17, 15) is 9.90 Å². The Balaban J connectivity index is 1.88. The summed E-state index contributed by atoms with van der Waals surface area (Å²) >= 11 is 0. The highest BCUT2D eigenvalue weighted by Crippen LogP contribution is 2.09. The van der Waals surface area contributed by atoms with E-state index in [1.165, 1.54) is 0 Å². The van der Waals surface area contributed by atoms with Gasteiger partial charge in [-0.1, -0.05) is 60.7 Å². The van der Waals surface area contributed by atoms with Crippen molar-refractivity contribution in [1.29, 1.82) is 0 Å². The summed E-state index contributed by atoms with van der Waals surface area (Å²) in [5, 5.41) is 9.32. The standard InChI is InChI=1S/C20H22N2O2/c1-16(21-14-17-8-4-2-5-9-17)12-13-19(20(23)24)22-15-18-10-6-3-7-11-18/h2-11,14-16,19H,12-13H2,1H3,(H,23,24). The fourth-order valence-electron chi connectivity index (χ4n) is 2.20. The SMILES string of the molecule is CC(CCC(N=Cc1ccccc1)C(=O)O)N=Cc1ccccc1. The molecule has 2 aromatic carbocycles. The quantitative estimate of drug-likeness (QED) is 0.750. The Hall–Kier alpha value is -2.75. The molecule has 0 aliphatic heterocycles. The molecule has 0 aliphatic rings. The lowest BCUT2D eigenvalue weighted by atomic mass is 10.1. The average molecular weight is 322 g/mol. The van der Waals surface area contributed by atoms with Crippen molar-refractivity contribution < 1.29 is 9.90 Å². The maximum atomic E-state index is 11.4. The predicted molar refractivity (Wildman–Crippen MR) is 98.2 cm³/mol. The zero-order chi connectivity index (χ0) is 17.2. The van der Waals surface area contributed by atoms with Crippen LogP contribution in [0.4, 0.5) is 0 Å². The Kier molecular flexibility index (Phi) is 6.90. The van der Waals surface area contributed by atoms with Crippen LogP contribution in [0, 0.1) is 0 Å². The van der Waals surface area contributed by atoms with Crippen molar-refractivity contribution in [2.75, 3.05) is 0 Å². The molecule has 124 valence electrons. The van der Waals surface area contributed by atoms with E-state index in [1.807, 2.05) is 73.8 Å². The largest absolute Gasteiger partial charge is 0.480 e. The molecule has 4 heteroatoms. The molecule has 0 radical (unpaired) electrons. The van der Waals surface area contributed by atoms with Gasteiger partial charge in [-0.3, -0.25) is 9.98 Å². The summed E-state index contributed by atoms with van der Waals surface area (Å²) in [5.74, 6) is -0.901. The van der Waals surface area contributed by atoms with Crippen molar-refractivity contribution >= 4 is 18.4 Å². The number of benzene rings is 2. The third-order valence-electron chi connectivity index (χ3n) is 3.62. The van der Waals surface area contributed by atoms with Gasteiger partial charge in [-0.15, -0.1) is 0 Å². The molecule has 4 nitrogen and oxygen atoms in total. The molecule has 0 spiro atoms. The molecule has 0 saturated carbocycles. The summed E-state index contributed by atoms with van der Waals surface area (Å²) in [5.41, 5.74) is 1.94. The first-order valence-electron chi connectivity index (χ1n) is 8.04. The van der Waals surface area contributed by atoms with Crippen molar-refractivity contribution in [2.24, 2.45) is 9.98 Å². The van der Waals surface area contributed by atoms with Gasteiger partial charge in [0.05, 0.1) is 0 Å². The summed E-state index contributed by atoms with van der Waals surface area (Å²) in [7, 11) is 0. The van der Waals surface area contributed by atoms with Crippen LogP contribution in [0.3, 0.4) is 0 Å². The average Bonchev–Trinajstić information content (AvgIpc) is 2.61. The number of aliphatic imine (C=N–C) groups is 2. The van der Waals surface area contributed by atoms with Crippen LogP contribution >= 0.6 is 0 Å². The summed E-state index contributed by atoms with van der Waals surface area (Å²) in [6.45, 7) is 1.99. The van der Waals surface area contributed by atoms with Crippen molar-refractivity contribution in [2.45, 2.75) is 31.8 Å². The maximum absolute atomic E-state index is 11.4. The minimum atomic E-state index is -0.901. The number of hydrogen-bond acceptors (Lipinski definition) is 3. The van der Waals surface area contributed by atoms with E-state index in [2.05, 4.69) is 9.98 Å². The van der Waals surface area contributed by atoms with E-state index in [1.54, 1.807) is 6.21 Å². The molecular weight excluding hydrogens is 300 g/mol. The molecule has 2 unspecified atom stereocenters. The van der Waals surface area contributed by atoms with Gasteiger partial charge in [0.2, 0.25) is 0 Å². The number of carbonyl (C=O) groups is 1. The molecule has 0 amide bonds. The normalized spacial score (nSPS) is 14.0. The Morgan fingerprint density at radius 2 is 1.42 bits per heavy atom. The third-order valence-corrected chi connectivity index (χ3v) is 3.62. The lowest BCUT2D eigenvalue weighted by Crippen LogP contribution is -2.19. The number of carboxylic acids is 1. The smallest absolute Gasteiger partial charge is 0.328 e. The zero-order valence-electron chi connectivity index (χ0n) is 13.7. The molecule has 2 atom stereocenters. The third kappa shape index (κ3) is 6.16. The van der Waals surface area contributed by atoms with Gasteiger partial charge in [0, 0.05) is 18.5 Å². The van der Waals surface area contributed by atoms with Gasteiger partial charge in [-0.2, -0.15) is 0 Å². The lowest BCUT2D eigenvalue weighted by Gasteiger charge is -2.10. The van der Waals surface area contributed by atoms with Crippen LogP contribution in [0.25, 0.3) is 0 Å². The van der Waals surface area contributed by atoms with E-state index < -0.39 is 12.0 Å². The van der Waals surface area contributed by atoms with E-state index in [4.69, 9.17) is 0 Å². The highest BCUT2D eigenvalue weighted by molar-refractivity contribution is 5.83. The summed E-state index contributed by atoms with van der Waals surface area (Å²) < 4.78 is 0. The fourth-order valence-corrected chi connectivity index (χ4v) is 2.20. The molecule has 2 aromatic rings. The maximum Gasteiger partial charge on any atom is 0.328 e. The summed E-state index contributed by atoms with van der Waals surface area (Å²) in [4.78, 5) is 20.0. The number of rotatable bonds is 8. The van der Waals surface area contributed by atoms with Gasteiger partial charge in [-0.05, 0) is 30.9 Å². The highest BCUT2D eigenvalue weighted by Gasteiger charge is 2.16. The van der Waals surface area contributed by atoms with Gasteiger partial charge in [0.25, 0.3) is 0 Å². The minimum Gasteiger partial charge on any atom is -0.480 e. The van der Waals surface area contributed by atoms with E-state index in [0.717, 1.165) is 11.1 Å². The molecule has 0 saturated heterocycles. The van der Waals surface area contributed by atoms with Gasteiger partial charge >= 0.3 is 5.97 Å². The second-order valence-corrected chi connectivity index (χ2v) is 5.66. The number of aliphatic carboxylic acids is 1. The summed E-state index contributed by atoms with van der Waals surface area (Å²) in [6, 6.07) is 18.7. The predicted octanol–water partition coefficient (Wildman–Crippen LogP) is 3.85. The molecule has 0 aliphatic carbocycles. The van der Waals surface area contributed by atoms with Crippen LogP contribution in [-0.4, -0.2) is 35.6 Å². The molecule has 24 heavy (non-hydrogen) atoms. The van der Waals surface area contributed by atoms with Crippen molar-refractivity contribution in [3.8, 4) is 0 Å². The van der Waals surface area contributed by atoms with Crippen molar-refractivity contribution in [3.63, 3.8) is 0 Å². The van der Waals surface area contributed by atoms with Crippen molar-refractivity contribution in [1.82, 2.24) is 0 Å². The Labute approximate surface area is 142 Å². The van der Waals surface area contributed by atoms with Crippen LogP contribution in [0.2, 0.25) is 0 Å². The minimum absolute atomic E-state index is 0.0546. The van der Waals surface area contributed by atoms with Crippen LogP contribution in [0.5, 0.6) is 0 Å². The molecule has 0 aromatic heterocycles. The first-order valence-corrected chi connectivity index (χ1v) is 8.04. The van der Waals surface area contributed by atoms with Crippen LogP contribution < -0.4 is 0 Å². The van der Waals surface area contributed by atoms with E-state index >= 15 is 0 Å². The molecule has 0 fully saturated rings. The van der Waals surface area contributed by atoms with Gasteiger partial charge in [0.1, 0.15) is 6.04 Å². The fraction of sp³-hybridized carbons (Fsp3) is 0.250. The topological polar surface area (TPSA) is 62.0 Å². The molecule has 1 N–H and O–H groups in total. The van der Waals surface area contributed by atoms with Crippen LogP contribution in [0.1, 0.15) is 30.9 Å². The molecular formula is C20H22N2O2. The Bertz CT molecular complexity index is 681. The number of hydrogen-bond donors (Lipinski definition) is 1. The Morgan fingerprint density at radius 1 is 0.917 bits per heavy atom. The van der Waals surface area contributed by atoms with E-state index in [-0.39, 0.29) is 6.04 Å². The van der Waals surface area contributed by atoms with Gasteiger partial charge in [-0.25, -0.2) is 4.79 Å². The van der Waals surface area contributed by atoms with Gasteiger partial charge < -0.3 is 5.11 Å². The second-order valence-electron chi connectivity index (χ2n) is 5.66. The van der Waals surface area contributed by atoms with Crippen LogP contribution in [-0.2, 0) is 4.79 Å². The first kappa shape index (κ1) is 17.6. The Morgan fingerprint density at radius 3 is 1.92 bits per heavy atom. The highest BCUT2D eigenvalue weighted by atomic mass is 16.4. The molecule has 0 heterocycles.